The Morgan fingerprint density at radius 2 is 1.82 bits per heavy atom. The van der Waals surface area contributed by atoms with Crippen molar-refractivity contribution in [3.05, 3.63) is 65.0 Å². The van der Waals surface area contributed by atoms with Gasteiger partial charge in [0.1, 0.15) is 5.82 Å². The first kappa shape index (κ1) is 14.7. The zero-order chi connectivity index (χ0) is 15.7. The van der Waals surface area contributed by atoms with Crippen LogP contribution in [0, 0.1) is 13.8 Å². The fraction of sp³-hybridized carbons (Fsp3) is 0.222. The van der Waals surface area contributed by atoms with Gasteiger partial charge in [0.2, 0.25) is 0 Å². The van der Waals surface area contributed by atoms with Crippen molar-refractivity contribution in [2.45, 2.75) is 26.8 Å². The lowest BCUT2D eigenvalue weighted by Crippen LogP contribution is -2.18. The molecule has 3 aromatic rings. The summed E-state index contributed by atoms with van der Waals surface area (Å²) in [4.78, 5) is 5.29. The van der Waals surface area contributed by atoms with E-state index in [1.807, 2.05) is 18.2 Å². The van der Waals surface area contributed by atoms with E-state index in [-0.39, 0.29) is 0 Å². The topological polar surface area (TPSA) is 43.8 Å². The average Bonchev–Trinajstić information content (AvgIpc) is 2.77. The van der Waals surface area contributed by atoms with Crippen LogP contribution >= 0.6 is 12.2 Å². The molecule has 0 spiro atoms. The number of fused-ring (bicyclic) bond motifs is 1. The number of rotatable bonds is 4. The summed E-state index contributed by atoms with van der Waals surface area (Å²) in [5.41, 5.74) is 11.6. The number of nitrogens with two attached hydrogens (primary N) is 1. The molecule has 0 bridgehead atoms. The van der Waals surface area contributed by atoms with E-state index in [0.29, 0.717) is 11.5 Å². The maximum atomic E-state index is 5.79. The highest BCUT2D eigenvalue weighted by molar-refractivity contribution is 7.80. The van der Waals surface area contributed by atoms with Crippen LogP contribution in [0.4, 0.5) is 0 Å². The second-order valence-corrected chi connectivity index (χ2v) is 6.19. The summed E-state index contributed by atoms with van der Waals surface area (Å²) in [5.74, 6) is 0.999. The molecule has 2 aromatic carbocycles. The number of thiocarbonyl (C=S) groups is 1. The van der Waals surface area contributed by atoms with E-state index in [1.54, 1.807) is 0 Å². The van der Waals surface area contributed by atoms with E-state index in [1.165, 1.54) is 16.7 Å². The Balaban J connectivity index is 2.13. The minimum absolute atomic E-state index is 0.479. The third-order valence-corrected chi connectivity index (χ3v) is 4.09. The van der Waals surface area contributed by atoms with Gasteiger partial charge in [-0.3, -0.25) is 0 Å². The Labute approximate surface area is 135 Å². The van der Waals surface area contributed by atoms with Gasteiger partial charge in [-0.05, 0) is 42.7 Å². The van der Waals surface area contributed by atoms with Crippen LogP contribution in [-0.2, 0) is 13.0 Å². The molecule has 0 saturated heterocycles. The SMILES string of the molecule is Cc1cc2nc(Cc3ccccc3)n(CC(N)=S)c2cc1C. The van der Waals surface area contributed by atoms with Gasteiger partial charge in [0.15, 0.2) is 0 Å². The van der Waals surface area contributed by atoms with Crippen molar-refractivity contribution in [1.82, 2.24) is 9.55 Å². The number of aromatic nitrogens is 2. The summed E-state index contributed by atoms with van der Waals surface area (Å²) in [6.07, 6.45) is 0.774. The van der Waals surface area contributed by atoms with Gasteiger partial charge in [0, 0.05) is 6.42 Å². The molecule has 0 saturated carbocycles. The van der Waals surface area contributed by atoms with Crippen molar-refractivity contribution in [2.75, 3.05) is 0 Å². The van der Waals surface area contributed by atoms with E-state index in [0.717, 1.165) is 23.3 Å². The fourth-order valence-electron chi connectivity index (χ4n) is 2.68. The maximum absolute atomic E-state index is 5.79. The lowest BCUT2D eigenvalue weighted by atomic mass is 10.1. The highest BCUT2D eigenvalue weighted by Gasteiger charge is 2.13. The Morgan fingerprint density at radius 3 is 2.50 bits per heavy atom. The van der Waals surface area contributed by atoms with Crippen molar-refractivity contribution in [2.24, 2.45) is 5.73 Å². The number of hydrogen-bond donors (Lipinski definition) is 1. The minimum atomic E-state index is 0.479. The smallest absolute Gasteiger partial charge is 0.114 e. The average molecular weight is 309 g/mol. The van der Waals surface area contributed by atoms with Crippen molar-refractivity contribution in [3.63, 3.8) is 0 Å². The third-order valence-electron chi connectivity index (χ3n) is 3.96. The predicted molar refractivity (Wildman–Crippen MR) is 95.2 cm³/mol. The van der Waals surface area contributed by atoms with Crippen molar-refractivity contribution in [1.29, 1.82) is 0 Å². The molecule has 0 atom stereocenters. The van der Waals surface area contributed by atoms with Gasteiger partial charge >= 0.3 is 0 Å². The number of aryl methyl sites for hydroxylation is 2. The highest BCUT2D eigenvalue weighted by Crippen LogP contribution is 2.22. The molecule has 0 unspecified atom stereocenters. The molecule has 112 valence electrons. The third kappa shape index (κ3) is 2.88. The number of imidazole rings is 1. The fourth-order valence-corrected chi connectivity index (χ4v) is 2.80. The van der Waals surface area contributed by atoms with E-state index in [2.05, 4.69) is 42.7 Å². The van der Waals surface area contributed by atoms with Crippen molar-refractivity contribution >= 4 is 28.2 Å². The molecule has 3 nitrogen and oxygen atoms in total. The molecular formula is C18H19N3S. The van der Waals surface area contributed by atoms with Crippen LogP contribution < -0.4 is 5.73 Å². The molecule has 0 aliphatic carbocycles. The monoisotopic (exact) mass is 309 g/mol. The molecule has 0 aliphatic rings. The van der Waals surface area contributed by atoms with Gasteiger partial charge < -0.3 is 10.3 Å². The van der Waals surface area contributed by atoms with Gasteiger partial charge in [-0.1, -0.05) is 42.5 Å². The van der Waals surface area contributed by atoms with E-state index < -0.39 is 0 Å². The van der Waals surface area contributed by atoms with Crippen molar-refractivity contribution < 1.29 is 0 Å². The van der Waals surface area contributed by atoms with Crippen LogP contribution in [0.15, 0.2) is 42.5 Å². The normalized spacial score (nSPS) is 11.0. The highest BCUT2D eigenvalue weighted by atomic mass is 32.1. The van der Waals surface area contributed by atoms with Crippen molar-refractivity contribution in [3.8, 4) is 0 Å². The second-order valence-electron chi connectivity index (χ2n) is 5.67. The van der Waals surface area contributed by atoms with Crippen LogP contribution in [0.1, 0.15) is 22.5 Å². The summed E-state index contributed by atoms with van der Waals surface area (Å²) in [6.45, 7) is 4.75. The number of benzene rings is 2. The summed E-state index contributed by atoms with van der Waals surface area (Å²) in [5, 5.41) is 0. The molecular weight excluding hydrogens is 290 g/mol. The van der Waals surface area contributed by atoms with Crippen LogP contribution in [0.25, 0.3) is 11.0 Å². The molecule has 2 N–H and O–H groups in total. The lowest BCUT2D eigenvalue weighted by molar-refractivity contribution is 0.804. The van der Waals surface area contributed by atoms with Crippen LogP contribution in [-0.4, -0.2) is 14.5 Å². The number of hydrogen-bond acceptors (Lipinski definition) is 2. The summed E-state index contributed by atoms with van der Waals surface area (Å²) >= 11 is 5.12. The van der Waals surface area contributed by atoms with Gasteiger partial charge in [-0.25, -0.2) is 4.98 Å². The summed E-state index contributed by atoms with van der Waals surface area (Å²) in [7, 11) is 0. The first-order valence-electron chi connectivity index (χ1n) is 7.33. The van der Waals surface area contributed by atoms with E-state index in [9.17, 15) is 0 Å². The summed E-state index contributed by atoms with van der Waals surface area (Å²) in [6, 6.07) is 14.6. The zero-order valence-electron chi connectivity index (χ0n) is 12.8. The number of nitrogens with zero attached hydrogens (tertiary/aromatic N) is 2. The Morgan fingerprint density at radius 1 is 1.14 bits per heavy atom. The molecule has 1 heterocycles. The van der Waals surface area contributed by atoms with Gasteiger partial charge in [0.25, 0.3) is 0 Å². The van der Waals surface area contributed by atoms with Crippen LogP contribution in [0.2, 0.25) is 0 Å². The maximum Gasteiger partial charge on any atom is 0.114 e. The zero-order valence-corrected chi connectivity index (χ0v) is 13.7. The molecule has 0 fully saturated rings. The Kier molecular flexibility index (Phi) is 3.94. The standard InChI is InChI=1S/C18H19N3S/c1-12-8-15-16(9-13(12)2)21(11-17(19)22)18(20-15)10-14-6-4-3-5-7-14/h3-9H,10-11H2,1-2H3,(H2,19,22). The molecule has 22 heavy (non-hydrogen) atoms. The molecule has 3 rings (SSSR count). The van der Waals surface area contributed by atoms with Crippen LogP contribution in [0.3, 0.4) is 0 Å². The molecule has 4 heteroatoms. The largest absolute Gasteiger partial charge is 0.392 e. The van der Waals surface area contributed by atoms with Gasteiger partial charge in [0.05, 0.1) is 22.6 Å². The quantitative estimate of drug-likeness (QED) is 0.750. The Hall–Kier alpha value is -2.20. The van der Waals surface area contributed by atoms with E-state index >= 15 is 0 Å². The summed E-state index contributed by atoms with van der Waals surface area (Å²) < 4.78 is 2.14. The Bertz CT molecular complexity index is 834. The molecule has 0 amide bonds. The van der Waals surface area contributed by atoms with Gasteiger partial charge in [-0.2, -0.15) is 0 Å². The molecule has 0 radical (unpaired) electrons. The first-order chi connectivity index (χ1) is 10.5. The second kappa shape index (κ2) is 5.89. The van der Waals surface area contributed by atoms with Gasteiger partial charge in [-0.15, -0.1) is 0 Å². The molecule has 0 aliphatic heterocycles. The van der Waals surface area contributed by atoms with E-state index in [4.69, 9.17) is 22.9 Å². The lowest BCUT2D eigenvalue weighted by Gasteiger charge is -2.09. The first-order valence-corrected chi connectivity index (χ1v) is 7.74. The minimum Gasteiger partial charge on any atom is -0.392 e. The molecule has 1 aromatic heterocycles. The van der Waals surface area contributed by atoms with Crippen LogP contribution in [0.5, 0.6) is 0 Å². The predicted octanol–water partition coefficient (Wildman–Crippen LogP) is 3.53.